The van der Waals surface area contributed by atoms with Gasteiger partial charge in [-0.2, -0.15) is 21.0 Å². The van der Waals surface area contributed by atoms with Gasteiger partial charge in [0.05, 0.1) is 53.1 Å². The Hall–Kier alpha value is -8.08. The maximum atomic E-state index is 10.4. The fourth-order valence-corrected chi connectivity index (χ4v) is 5.99. The smallest absolute Gasteiger partial charge is 0.196 e. The summed E-state index contributed by atoms with van der Waals surface area (Å²) in [4.78, 5) is 15.7. The third-order valence-corrected chi connectivity index (χ3v) is 8.29. The summed E-state index contributed by atoms with van der Waals surface area (Å²) in [6.45, 7) is 15.1. The van der Waals surface area contributed by atoms with E-state index in [4.69, 9.17) is 18.4 Å². The topological polar surface area (TPSA) is 135 Å². The normalized spacial score (nSPS) is 10.3. The lowest BCUT2D eigenvalue weighted by atomic mass is 9.98. The average molecular weight is 624 g/mol. The summed E-state index contributed by atoms with van der Waals surface area (Å²) >= 11 is 0. The van der Waals surface area contributed by atoms with Gasteiger partial charge in [-0.25, -0.2) is 19.7 Å². The van der Waals surface area contributed by atoms with E-state index in [0.717, 1.165) is 32.9 Å². The second-order valence-electron chi connectivity index (χ2n) is 11.0. The fourth-order valence-electron chi connectivity index (χ4n) is 5.99. The van der Waals surface area contributed by atoms with Crippen LogP contribution in [0.25, 0.3) is 70.8 Å². The molecule has 0 bridgehead atoms. The molecule has 9 nitrogen and oxygen atoms in total. The van der Waals surface area contributed by atoms with E-state index < -0.39 is 0 Å². The average Bonchev–Trinajstić information content (AvgIpc) is 3.49. The molecule has 0 spiro atoms. The molecule has 7 aromatic rings. The summed E-state index contributed by atoms with van der Waals surface area (Å²) in [6, 6.07) is 35.8. The van der Waals surface area contributed by atoms with Gasteiger partial charge in [-0.05, 0) is 70.8 Å². The molecule has 5 aromatic carbocycles. The van der Waals surface area contributed by atoms with Crippen LogP contribution in [0, 0.1) is 58.5 Å². The Morgan fingerprint density at radius 3 is 1.80 bits per heavy atom. The molecule has 2 aromatic heterocycles. The van der Waals surface area contributed by atoms with E-state index in [2.05, 4.69) is 37.9 Å². The summed E-state index contributed by atoms with van der Waals surface area (Å²) in [5, 5.41) is 40.7. The number of hydrogen-bond donors (Lipinski definition) is 0. The summed E-state index contributed by atoms with van der Waals surface area (Å²) in [7, 11) is 0. The molecule has 0 N–H and O–H groups in total. The fraction of sp³-hybridized carbons (Fsp3) is 0. The quantitative estimate of drug-likeness (QED) is 0.179. The third-order valence-electron chi connectivity index (χ3n) is 8.29. The summed E-state index contributed by atoms with van der Waals surface area (Å²) < 4.78 is 1.99. The zero-order valence-electron chi connectivity index (χ0n) is 25.3. The van der Waals surface area contributed by atoms with Crippen LogP contribution < -0.4 is 0 Å². The van der Waals surface area contributed by atoms with Crippen molar-refractivity contribution in [2.75, 3.05) is 0 Å². The van der Waals surface area contributed by atoms with E-state index in [0.29, 0.717) is 61.8 Å². The molecular formula is C40H17N9. The molecular weight excluding hydrogens is 607 g/mol. The van der Waals surface area contributed by atoms with Crippen molar-refractivity contribution >= 4 is 33.2 Å². The van der Waals surface area contributed by atoms with Crippen LogP contribution in [0.2, 0.25) is 0 Å². The molecule has 0 amide bonds. The van der Waals surface area contributed by atoms with Crippen LogP contribution in [0.4, 0.5) is 11.4 Å². The van der Waals surface area contributed by atoms with Crippen molar-refractivity contribution < 1.29 is 0 Å². The van der Waals surface area contributed by atoms with E-state index in [9.17, 15) is 15.8 Å². The van der Waals surface area contributed by atoms with Crippen molar-refractivity contribution in [2.45, 2.75) is 0 Å². The molecule has 0 aliphatic carbocycles. The Bertz CT molecular complexity index is 2650. The van der Waals surface area contributed by atoms with Crippen molar-refractivity contribution in [3.63, 3.8) is 0 Å². The summed E-state index contributed by atoms with van der Waals surface area (Å²) in [5.74, 6) is 0.369. The first kappa shape index (κ1) is 29.6. The van der Waals surface area contributed by atoms with Crippen molar-refractivity contribution in [3.8, 4) is 63.6 Å². The molecule has 9 heteroatoms. The van der Waals surface area contributed by atoms with Gasteiger partial charge in [0.25, 0.3) is 0 Å². The van der Waals surface area contributed by atoms with Gasteiger partial charge >= 0.3 is 0 Å². The van der Waals surface area contributed by atoms with Crippen molar-refractivity contribution in [1.82, 2.24) is 14.5 Å². The lowest BCUT2D eigenvalue weighted by Gasteiger charge is -2.13. The van der Waals surface area contributed by atoms with E-state index in [1.165, 1.54) is 12.4 Å². The van der Waals surface area contributed by atoms with Crippen LogP contribution in [0.3, 0.4) is 0 Å². The lowest BCUT2D eigenvalue weighted by Crippen LogP contribution is -1.99. The number of nitriles is 4. The van der Waals surface area contributed by atoms with Crippen LogP contribution in [0.5, 0.6) is 0 Å². The number of benzene rings is 5. The Balaban J connectivity index is 1.52. The number of hydrogen-bond acceptors (Lipinski definition) is 6. The van der Waals surface area contributed by atoms with Crippen molar-refractivity contribution in [1.29, 1.82) is 21.0 Å². The first-order chi connectivity index (χ1) is 24.0. The Morgan fingerprint density at radius 1 is 0.551 bits per heavy atom. The predicted octanol–water partition coefficient (Wildman–Crippen LogP) is 9.16. The first-order valence-corrected chi connectivity index (χ1v) is 14.7. The summed E-state index contributed by atoms with van der Waals surface area (Å²) in [5.41, 5.74) is 7.73. The highest BCUT2D eigenvalue weighted by molar-refractivity contribution is 6.11. The zero-order chi connectivity index (χ0) is 34.1. The minimum absolute atomic E-state index is 0.324. The number of fused-ring (bicyclic) bond motifs is 3. The molecule has 222 valence electrons. The SMILES string of the molecule is [C-]#[N+]c1ccc(-c2ccc3c4ccc(-c5ccc(C#N)cc5[N+]#[C-])cc4n(-c4ccc(-c5ncc(C#N)cn5)cc4C#N)c3c2)c(C#N)c1. The van der Waals surface area contributed by atoms with Gasteiger partial charge in [0.15, 0.2) is 17.2 Å². The molecule has 0 aliphatic rings. The van der Waals surface area contributed by atoms with Crippen LogP contribution >= 0.6 is 0 Å². The highest BCUT2D eigenvalue weighted by atomic mass is 15.0. The van der Waals surface area contributed by atoms with Crippen LogP contribution in [0.15, 0.2) is 103 Å². The second kappa shape index (κ2) is 12.0. The summed E-state index contributed by atoms with van der Waals surface area (Å²) in [6.07, 6.45) is 2.86. The van der Waals surface area contributed by atoms with Crippen LogP contribution in [0.1, 0.15) is 22.3 Å². The van der Waals surface area contributed by atoms with Gasteiger partial charge in [-0.15, -0.1) is 0 Å². The third kappa shape index (κ3) is 5.02. The predicted molar refractivity (Wildman–Crippen MR) is 184 cm³/mol. The Morgan fingerprint density at radius 2 is 1.18 bits per heavy atom. The van der Waals surface area contributed by atoms with Gasteiger partial charge < -0.3 is 4.57 Å². The second-order valence-corrected chi connectivity index (χ2v) is 11.0. The molecule has 0 saturated heterocycles. The molecule has 7 rings (SSSR count). The first-order valence-electron chi connectivity index (χ1n) is 14.7. The van der Waals surface area contributed by atoms with Gasteiger partial charge in [-0.1, -0.05) is 42.5 Å². The molecule has 49 heavy (non-hydrogen) atoms. The van der Waals surface area contributed by atoms with E-state index >= 15 is 0 Å². The van der Waals surface area contributed by atoms with Gasteiger partial charge in [0, 0.05) is 39.9 Å². The maximum Gasteiger partial charge on any atom is 0.196 e. The van der Waals surface area contributed by atoms with Gasteiger partial charge in [-0.3, -0.25) is 0 Å². The monoisotopic (exact) mass is 623 g/mol. The van der Waals surface area contributed by atoms with Gasteiger partial charge in [0.1, 0.15) is 12.1 Å². The molecule has 0 unspecified atom stereocenters. The van der Waals surface area contributed by atoms with E-state index in [1.54, 1.807) is 42.5 Å². The highest BCUT2D eigenvalue weighted by Crippen LogP contribution is 2.40. The van der Waals surface area contributed by atoms with Crippen molar-refractivity contribution in [3.05, 3.63) is 148 Å². The minimum atomic E-state index is 0.324. The van der Waals surface area contributed by atoms with E-state index in [-0.39, 0.29) is 0 Å². The van der Waals surface area contributed by atoms with Crippen molar-refractivity contribution in [2.24, 2.45) is 0 Å². The Kier molecular flexibility index (Phi) is 7.27. The van der Waals surface area contributed by atoms with E-state index in [1.807, 2.05) is 59.2 Å². The van der Waals surface area contributed by atoms with Gasteiger partial charge in [0.2, 0.25) is 0 Å². The number of nitrogens with zero attached hydrogens (tertiary/aromatic N) is 9. The standard InChI is InChI=1S/C40H17N9/c1-45-31-7-11-32(29(15-31)20-43)26-4-9-34-35-10-5-27(33-8-3-24(18-41)13-36(33)46-2)17-39(35)49(38(34)16-26)37-12-6-28(14-30(37)21-44)40-47-22-25(19-42)23-48-40/h3-17,22-23H. The molecule has 0 radical (unpaired) electrons. The Labute approximate surface area is 280 Å². The van der Waals surface area contributed by atoms with Crippen LogP contribution in [-0.4, -0.2) is 14.5 Å². The molecule has 2 heterocycles. The van der Waals surface area contributed by atoms with Crippen LogP contribution in [-0.2, 0) is 0 Å². The number of aromatic nitrogens is 3. The highest BCUT2D eigenvalue weighted by Gasteiger charge is 2.19. The maximum absolute atomic E-state index is 10.4. The largest absolute Gasteiger partial charge is 0.308 e. The molecule has 0 saturated carbocycles. The minimum Gasteiger partial charge on any atom is -0.308 e. The zero-order valence-corrected chi connectivity index (χ0v) is 25.3. The molecule has 0 fully saturated rings. The molecule has 0 aliphatic heterocycles. The lowest BCUT2D eigenvalue weighted by molar-refractivity contribution is 1.14. The molecule has 0 atom stereocenters. The number of rotatable bonds is 4.